The van der Waals surface area contributed by atoms with Gasteiger partial charge in [-0.15, -0.1) is 0 Å². The lowest BCUT2D eigenvalue weighted by Crippen LogP contribution is -2.20. The summed E-state index contributed by atoms with van der Waals surface area (Å²) in [4.78, 5) is 16.3. The molecule has 3 rings (SSSR count). The Kier molecular flexibility index (Phi) is 4.92. The maximum atomic E-state index is 12.0. The smallest absolute Gasteiger partial charge is 0.264 e. The van der Waals surface area contributed by atoms with E-state index in [4.69, 9.17) is 39.5 Å². The van der Waals surface area contributed by atoms with Crippen LogP contribution in [0.5, 0.6) is 5.75 Å². The molecule has 1 aromatic heterocycles. The standard InChI is InChI=1S/C15H9Cl3N2O2S/c16-8-1-3-10(18)12(5-8)22-7-14(21)20-15-19-11-4-2-9(17)6-13(11)23-15/h1-6H,7H2,(H,19,20,21). The lowest BCUT2D eigenvalue weighted by molar-refractivity contribution is -0.118. The number of rotatable bonds is 4. The highest BCUT2D eigenvalue weighted by Crippen LogP contribution is 2.29. The van der Waals surface area contributed by atoms with Crippen molar-refractivity contribution in [3.63, 3.8) is 0 Å². The van der Waals surface area contributed by atoms with Crippen LogP contribution in [0, 0.1) is 0 Å². The number of nitrogens with zero attached hydrogens (tertiary/aromatic N) is 1. The molecule has 0 aliphatic heterocycles. The number of ether oxygens (including phenoxy) is 1. The van der Waals surface area contributed by atoms with E-state index in [0.717, 1.165) is 10.2 Å². The first-order valence-electron chi connectivity index (χ1n) is 6.45. The van der Waals surface area contributed by atoms with Crippen LogP contribution in [0.15, 0.2) is 36.4 Å². The van der Waals surface area contributed by atoms with Crippen LogP contribution in [0.1, 0.15) is 0 Å². The fraction of sp³-hybridized carbons (Fsp3) is 0.0667. The molecule has 118 valence electrons. The number of amides is 1. The Morgan fingerprint density at radius 1 is 1.13 bits per heavy atom. The maximum Gasteiger partial charge on any atom is 0.264 e. The summed E-state index contributed by atoms with van der Waals surface area (Å²) in [5.74, 6) is 0.0107. The van der Waals surface area contributed by atoms with Crippen molar-refractivity contribution >= 4 is 67.4 Å². The molecule has 0 aliphatic carbocycles. The number of hydrogen-bond donors (Lipinski definition) is 1. The van der Waals surface area contributed by atoms with Gasteiger partial charge in [0.25, 0.3) is 5.91 Å². The first-order chi connectivity index (χ1) is 11.0. The number of carbonyl (C=O) groups is 1. The molecule has 0 fully saturated rings. The van der Waals surface area contributed by atoms with Gasteiger partial charge in [-0.05, 0) is 30.3 Å². The highest BCUT2D eigenvalue weighted by atomic mass is 35.5. The number of nitrogens with one attached hydrogen (secondary N) is 1. The minimum Gasteiger partial charge on any atom is -0.482 e. The van der Waals surface area contributed by atoms with Gasteiger partial charge in [-0.2, -0.15) is 0 Å². The molecule has 3 aromatic rings. The number of thiazole rings is 1. The van der Waals surface area contributed by atoms with Crippen molar-refractivity contribution in [3.05, 3.63) is 51.5 Å². The van der Waals surface area contributed by atoms with Crippen molar-refractivity contribution in [2.75, 3.05) is 11.9 Å². The van der Waals surface area contributed by atoms with Crippen LogP contribution in [0.4, 0.5) is 5.13 Å². The minimum atomic E-state index is -0.341. The van der Waals surface area contributed by atoms with Gasteiger partial charge in [-0.1, -0.05) is 46.1 Å². The molecular weight excluding hydrogens is 379 g/mol. The van der Waals surface area contributed by atoms with Gasteiger partial charge in [-0.3, -0.25) is 10.1 Å². The van der Waals surface area contributed by atoms with Crippen molar-refractivity contribution in [1.82, 2.24) is 4.98 Å². The number of anilines is 1. The second kappa shape index (κ2) is 6.93. The normalized spacial score (nSPS) is 10.7. The Balaban J connectivity index is 1.65. The van der Waals surface area contributed by atoms with Crippen molar-refractivity contribution < 1.29 is 9.53 Å². The van der Waals surface area contributed by atoms with Crippen molar-refractivity contribution in [2.24, 2.45) is 0 Å². The van der Waals surface area contributed by atoms with E-state index in [-0.39, 0.29) is 12.5 Å². The molecule has 2 aromatic carbocycles. The molecule has 8 heteroatoms. The van der Waals surface area contributed by atoms with Crippen LogP contribution < -0.4 is 10.1 Å². The lowest BCUT2D eigenvalue weighted by Gasteiger charge is -2.07. The van der Waals surface area contributed by atoms with E-state index >= 15 is 0 Å². The van der Waals surface area contributed by atoms with E-state index in [9.17, 15) is 4.79 Å². The molecule has 1 N–H and O–H groups in total. The van der Waals surface area contributed by atoms with Gasteiger partial charge in [0.05, 0.1) is 15.2 Å². The van der Waals surface area contributed by atoms with Crippen LogP contribution >= 0.6 is 46.1 Å². The van der Waals surface area contributed by atoms with E-state index < -0.39 is 0 Å². The van der Waals surface area contributed by atoms with E-state index in [0.29, 0.717) is 25.9 Å². The minimum absolute atomic E-state index is 0.198. The number of hydrogen-bond acceptors (Lipinski definition) is 4. The monoisotopic (exact) mass is 386 g/mol. The van der Waals surface area contributed by atoms with Crippen LogP contribution in [-0.4, -0.2) is 17.5 Å². The van der Waals surface area contributed by atoms with Crippen molar-refractivity contribution in [1.29, 1.82) is 0 Å². The average Bonchev–Trinajstić information content (AvgIpc) is 2.89. The third-order valence-corrected chi connectivity index (χ3v) is 4.56. The zero-order valence-corrected chi connectivity index (χ0v) is 14.6. The Morgan fingerprint density at radius 3 is 2.70 bits per heavy atom. The van der Waals surface area contributed by atoms with E-state index in [1.165, 1.54) is 11.3 Å². The third-order valence-electron chi connectivity index (χ3n) is 2.85. The van der Waals surface area contributed by atoms with E-state index in [1.807, 2.05) is 0 Å². The molecule has 0 bridgehead atoms. The third kappa shape index (κ3) is 4.06. The number of halogens is 3. The predicted octanol–water partition coefficient (Wildman–Crippen LogP) is 5.27. The molecule has 0 atom stereocenters. The maximum absolute atomic E-state index is 12.0. The van der Waals surface area contributed by atoms with Crippen LogP contribution in [0.3, 0.4) is 0 Å². The summed E-state index contributed by atoms with van der Waals surface area (Å²) < 4.78 is 6.27. The lowest BCUT2D eigenvalue weighted by atomic mass is 10.3. The van der Waals surface area contributed by atoms with Gasteiger partial charge in [0.2, 0.25) is 0 Å². The molecule has 0 radical (unpaired) electrons. The molecule has 4 nitrogen and oxygen atoms in total. The summed E-state index contributed by atoms with van der Waals surface area (Å²) >= 11 is 19.1. The van der Waals surface area contributed by atoms with Gasteiger partial charge in [0.1, 0.15) is 5.75 Å². The van der Waals surface area contributed by atoms with Crippen LogP contribution in [0.25, 0.3) is 10.2 Å². The number of fused-ring (bicyclic) bond motifs is 1. The summed E-state index contributed by atoms with van der Waals surface area (Å²) in [5, 5.41) is 4.65. The topological polar surface area (TPSA) is 51.2 Å². The van der Waals surface area contributed by atoms with E-state index in [2.05, 4.69) is 10.3 Å². The van der Waals surface area contributed by atoms with E-state index in [1.54, 1.807) is 36.4 Å². The summed E-state index contributed by atoms with van der Waals surface area (Å²) in [5.41, 5.74) is 0.772. The van der Waals surface area contributed by atoms with Gasteiger partial charge in [-0.25, -0.2) is 4.98 Å². The first kappa shape index (κ1) is 16.3. The highest BCUT2D eigenvalue weighted by molar-refractivity contribution is 7.22. The van der Waals surface area contributed by atoms with Crippen molar-refractivity contribution in [2.45, 2.75) is 0 Å². The summed E-state index contributed by atoms with van der Waals surface area (Å²) in [6.45, 7) is -0.198. The number of carbonyl (C=O) groups excluding carboxylic acids is 1. The first-order valence-corrected chi connectivity index (χ1v) is 8.40. The van der Waals surface area contributed by atoms with Gasteiger partial charge >= 0.3 is 0 Å². The molecule has 1 heterocycles. The number of benzene rings is 2. The molecule has 0 saturated heterocycles. The molecule has 23 heavy (non-hydrogen) atoms. The molecule has 1 amide bonds. The quantitative estimate of drug-likeness (QED) is 0.663. The summed E-state index contributed by atoms with van der Waals surface area (Å²) in [7, 11) is 0. The SMILES string of the molecule is O=C(COc1cc(Cl)ccc1Cl)Nc1nc2ccc(Cl)cc2s1. The molecule has 0 aliphatic rings. The van der Waals surface area contributed by atoms with Gasteiger partial charge < -0.3 is 4.74 Å². The zero-order chi connectivity index (χ0) is 16.4. The molecule has 0 saturated carbocycles. The summed E-state index contributed by atoms with van der Waals surface area (Å²) in [6, 6.07) is 10.1. The summed E-state index contributed by atoms with van der Waals surface area (Å²) in [6.07, 6.45) is 0. The Morgan fingerprint density at radius 2 is 1.87 bits per heavy atom. The Bertz CT molecular complexity index is 882. The average molecular weight is 388 g/mol. The second-order valence-electron chi connectivity index (χ2n) is 4.54. The van der Waals surface area contributed by atoms with Gasteiger partial charge in [0.15, 0.2) is 11.7 Å². The largest absolute Gasteiger partial charge is 0.482 e. The molecule has 0 spiro atoms. The second-order valence-corrected chi connectivity index (χ2v) is 6.85. The van der Waals surface area contributed by atoms with Gasteiger partial charge in [0, 0.05) is 16.1 Å². The van der Waals surface area contributed by atoms with Crippen LogP contribution in [0.2, 0.25) is 15.1 Å². The number of aromatic nitrogens is 1. The molecular formula is C15H9Cl3N2O2S. The highest BCUT2D eigenvalue weighted by Gasteiger charge is 2.10. The fourth-order valence-corrected chi connectivity index (χ4v) is 3.33. The molecule has 0 unspecified atom stereocenters. The zero-order valence-electron chi connectivity index (χ0n) is 11.5. The fourth-order valence-electron chi connectivity index (χ4n) is 1.84. The predicted molar refractivity (Wildman–Crippen MR) is 95.2 cm³/mol. The Labute approximate surface area is 150 Å². The van der Waals surface area contributed by atoms with Crippen LogP contribution in [-0.2, 0) is 4.79 Å². The Hall–Kier alpha value is -1.53. The van der Waals surface area contributed by atoms with Crippen molar-refractivity contribution in [3.8, 4) is 5.75 Å².